The molecule has 1 aromatic heterocycles. The van der Waals surface area contributed by atoms with E-state index in [0.29, 0.717) is 16.9 Å². The van der Waals surface area contributed by atoms with Gasteiger partial charge >= 0.3 is 0 Å². The van der Waals surface area contributed by atoms with Gasteiger partial charge in [-0.05, 0) is 60.9 Å². The molecule has 4 rings (SSSR count). The number of ketones is 1. The van der Waals surface area contributed by atoms with Gasteiger partial charge in [0.2, 0.25) is 0 Å². The number of aryl methyl sites for hydroxylation is 2. The summed E-state index contributed by atoms with van der Waals surface area (Å²) >= 11 is 0. The molecule has 1 unspecified atom stereocenters. The largest absolute Gasteiger partial charge is 0.507 e. The first kappa shape index (κ1) is 21.3. The molecule has 1 N–H and O–H groups in total. The average molecular weight is 428 g/mol. The SMILES string of the molecule is COc1cccc(CN2C(=O)C(=O)/C(=C(/O)c3cc(C)ccc3C)C2c2ccncc2)c1. The molecule has 162 valence electrons. The number of hydrogen-bond donors (Lipinski definition) is 1. The van der Waals surface area contributed by atoms with E-state index >= 15 is 0 Å². The van der Waals surface area contributed by atoms with E-state index in [1.165, 1.54) is 4.90 Å². The van der Waals surface area contributed by atoms with E-state index < -0.39 is 17.7 Å². The molecule has 1 atom stereocenters. The van der Waals surface area contributed by atoms with E-state index in [9.17, 15) is 14.7 Å². The van der Waals surface area contributed by atoms with Crippen LogP contribution in [0.1, 0.15) is 33.9 Å². The normalized spacial score (nSPS) is 17.6. The number of pyridine rings is 1. The third-order valence-corrected chi connectivity index (χ3v) is 5.70. The minimum absolute atomic E-state index is 0.0813. The van der Waals surface area contributed by atoms with Crippen molar-refractivity contribution in [2.75, 3.05) is 7.11 Å². The topological polar surface area (TPSA) is 79.7 Å². The standard InChI is InChI=1S/C26H24N2O4/c1-16-7-8-17(2)21(13-16)24(29)22-23(19-9-11-27-12-10-19)28(26(31)25(22)30)15-18-5-4-6-20(14-18)32-3/h4-14,23,29H,15H2,1-3H3/b24-22+. The molecule has 3 aromatic rings. The number of amides is 1. The molecule has 1 fully saturated rings. The summed E-state index contributed by atoms with van der Waals surface area (Å²) in [5.74, 6) is -0.857. The number of benzene rings is 2. The van der Waals surface area contributed by atoms with E-state index in [-0.39, 0.29) is 17.9 Å². The second kappa shape index (κ2) is 8.67. The molecule has 6 nitrogen and oxygen atoms in total. The Kier molecular flexibility index (Phi) is 5.77. The highest BCUT2D eigenvalue weighted by Crippen LogP contribution is 2.40. The van der Waals surface area contributed by atoms with Gasteiger partial charge in [0.15, 0.2) is 0 Å². The van der Waals surface area contributed by atoms with Crippen LogP contribution in [0.2, 0.25) is 0 Å². The minimum atomic E-state index is -0.732. The molecular weight excluding hydrogens is 404 g/mol. The second-order valence-corrected chi connectivity index (χ2v) is 7.88. The van der Waals surface area contributed by atoms with Gasteiger partial charge in [0.1, 0.15) is 11.5 Å². The van der Waals surface area contributed by atoms with E-state index in [4.69, 9.17) is 4.74 Å². The molecule has 6 heteroatoms. The molecule has 2 heterocycles. The Balaban J connectivity index is 1.87. The molecular formula is C26H24N2O4. The summed E-state index contributed by atoms with van der Waals surface area (Å²) in [7, 11) is 1.58. The number of methoxy groups -OCH3 is 1. The molecule has 1 aliphatic rings. The number of rotatable bonds is 5. The summed E-state index contributed by atoms with van der Waals surface area (Å²) in [5, 5.41) is 11.3. The molecule has 0 spiro atoms. The smallest absolute Gasteiger partial charge is 0.295 e. The zero-order chi connectivity index (χ0) is 22.8. The van der Waals surface area contributed by atoms with Gasteiger partial charge in [-0.25, -0.2) is 0 Å². The summed E-state index contributed by atoms with van der Waals surface area (Å²) in [6.45, 7) is 3.97. The molecule has 0 aliphatic carbocycles. The maximum absolute atomic E-state index is 13.2. The highest BCUT2D eigenvalue weighted by atomic mass is 16.5. The number of nitrogens with zero attached hydrogens (tertiary/aromatic N) is 2. The van der Waals surface area contributed by atoms with Crippen LogP contribution in [0.5, 0.6) is 5.75 Å². The van der Waals surface area contributed by atoms with Crippen molar-refractivity contribution in [2.45, 2.75) is 26.4 Å². The van der Waals surface area contributed by atoms with Crippen molar-refractivity contribution in [3.8, 4) is 5.75 Å². The predicted molar refractivity (Wildman–Crippen MR) is 121 cm³/mol. The van der Waals surface area contributed by atoms with Gasteiger partial charge in [-0.2, -0.15) is 0 Å². The second-order valence-electron chi connectivity index (χ2n) is 7.88. The maximum atomic E-state index is 13.2. The van der Waals surface area contributed by atoms with Crippen molar-refractivity contribution in [3.05, 3.63) is 100 Å². The number of carbonyl (C=O) groups excluding carboxylic acids is 2. The number of Topliss-reactive ketones (excluding diaryl/α,β-unsaturated/α-hetero) is 1. The van der Waals surface area contributed by atoms with Crippen LogP contribution in [-0.4, -0.2) is 33.8 Å². The highest BCUT2D eigenvalue weighted by molar-refractivity contribution is 6.46. The lowest BCUT2D eigenvalue weighted by atomic mass is 9.93. The first-order valence-electron chi connectivity index (χ1n) is 10.3. The van der Waals surface area contributed by atoms with E-state index in [1.54, 1.807) is 31.6 Å². The molecule has 0 bridgehead atoms. The minimum Gasteiger partial charge on any atom is -0.507 e. The molecule has 32 heavy (non-hydrogen) atoms. The van der Waals surface area contributed by atoms with Crippen LogP contribution in [-0.2, 0) is 16.1 Å². The van der Waals surface area contributed by atoms with Crippen molar-refractivity contribution >= 4 is 17.4 Å². The predicted octanol–water partition coefficient (Wildman–Crippen LogP) is 4.33. The van der Waals surface area contributed by atoms with Crippen LogP contribution >= 0.6 is 0 Å². The van der Waals surface area contributed by atoms with Crippen LogP contribution < -0.4 is 4.74 Å². The van der Waals surface area contributed by atoms with Gasteiger partial charge < -0.3 is 14.7 Å². The Morgan fingerprint density at radius 2 is 1.81 bits per heavy atom. The summed E-state index contributed by atoms with van der Waals surface area (Å²) in [5.41, 5.74) is 3.91. The lowest BCUT2D eigenvalue weighted by Crippen LogP contribution is -2.29. The van der Waals surface area contributed by atoms with Gasteiger partial charge in [0.25, 0.3) is 11.7 Å². The lowest BCUT2D eigenvalue weighted by Gasteiger charge is -2.25. The van der Waals surface area contributed by atoms with Crippen LogP contribution in [0, 0.1) is 13.8 Å². The first-order chi connectivity index (χ1) is 15.4. The van der Waals surface area contributed by atoms with E-state index in [0.717, 1.165) is 16.7 Å². The van der Waals surface area contributed by atoms with Gasteiger partial charge in [0, 0.05) is 24.5 Å². The Labute approximate surface area is 186 Å². The monoisotopic (exact) mass is 428 g/mol. The molecule has 0 radical (unpaired) electrons. The lowest BCUT2D eigenvalue weighted by molar-refractivity contribution is -0.140. The number of aliphatic hydroxyl groups excluding tert-OH is 1. The Morgan fingerprint density at radius 1 is 1.06 bits per heavy atom. The first-order valence-corrected chi connectivity index (χ1v) is 10.3. The van der Waals surface area contributed by atoms with Gasteiger partial charge in [0.05, 0.1) is 18.7 Å². The zero-order valence-corrected chi connectivity index (χ0v) is 18.2. The van der Waals surface area contributed by atoms with E-state index in [1.807, 2.05) is 56.3 Å². The maximum Gasteiger partial charge on any atom is 0.295 e. The van der Waals surface area contributed by atoms with Crippen LogP contribution in [0.25, 0.3) is 5.76 Å². The number of carbonyl (C=O) groups is 2. The Hall–Kier alpha value is -3.93. The van der Waals surface area contributed by atoms with Gasteiger partial charge in [-0.15, -0.1) is 0 Å². The van der Waals surface area contributed by atoms with Crippen molar-refractivity contribution < 1.29 is 19.4 Å². The summed E-state index contributed by atoms with van der Waals surface area (Å²) in [6.07, 6.45) is 3.22. The fourth-order valence-corrected chi connectivity index (χ4v) is 4.04. The molecule has 1 amide bonds. The molecule has 2 aromatic carbocycles. The van der Waals surface area contributed by atoms with Crippen molar-refractivity contribution in [1.29, 1.82) is 0 Å². The van der Waals surface area contributed by atoms with E-state index in [2.05, 4.69) is 4.98 Å². The number of ether oxygens (including phenoxy) is 1. The summed E-state index contributed by atoms with van der Waals surface area (Å²) in [6, 6.07) is 15.8. The zero-order valence-electron chi connectivity index (χ0n) is 18.2. The quantitative estimate of drug-likeness (QED) is 0.372. The van der Waals surface area contributed by atoms with Crippen LogP contribution in [0.4, 0.5) is 0 Å². The average Bonchev–Trinajstić information content (AvgIpc) is 3.06. The Bertz CT molecular complexity index is 1220. The van der Waals surface area contributed by atoms with Gasteiger partial charge in [-0.3, -0.25) is 14.6 Å². The molecule has 0 saturated carbocycles. The molecule has 1 saturated heterocycles. The summed E-state index contributed by atoms with van der Waals surface area (Å²) in [4.78, 5) is 31.9. The van der Waals surface area contributed by atoms with Crippen molar-refractivity contribution in [1.82, 2.24) is 9.88 Å². The number of hydrogen-bond acceptors (Lipinski definition) is 5. The highest BCUT2D eigenvalue weighted by Gasteiger charge is 2.46. The number of likely N-dealkylation sites (tertiary alicyclic amines) is 1. The number of aliphatic hydroxyl groups is 1. The van der Waals surface area contributed by atoms with Crippen LogP contribution in [0.3, 0.4) is 0 Å². The summed E-state index contributed by atoms with van der Waals surface area (Å²) < 4.78 is 5.29. The molecule has 1 aliphatic heterocycles. The third-order valence-electron chi connectivity index (χ3n) is 5.70. The van der Waals surface area contributed by atoms with Crippen LogP contribution in [0.15, 0.2) is 72.6 Å². The van der Waals surface area contributed by atoms with Crippen molar-refractivity contribution in [2.24, 2.45) is 0 Å². The fraction of sp³-hybridized carbons (Fsp3) is 0.192. The van der Waals surface area contributed by atoms with Gasteiger partial charge in [-0.1, -0.05) is 29.8 Å². The number of aromatic nitrogens is 1. The fourth-order valence-electron chi connectivity index (χ4n) is 4.04. The van der Waals surface area contributed by atoms with Crippen molar-refractivity contribution in [3.63, 3.8) is 0 Å². The Morgan fingerprint density at radius 3 is 2.53 bits per heavy atom. The third kappa shape index (κ3) is 3.87.